The van der Waals surface area contributed by atoms with Gasteiger partial charge in [-0.1, -0.05) is 17.3 Å². The summed E-state index contributed by atoms with van der Waals surface area (Å²) in [4.78, 5) is 19.4. The summed E-state index contributed by atoms with van der Waals surface area (Å²) in [6.45, 7) is 5.54. The summed E-state index contributed by atoms with van der Waals surface area (Å²) in [7, 11) is 3.19. The van der Waals surface area contributed by atoms with Crippen molar-refractivity contribution >= 4 is 5.91 Å². The third kappa shape index (κ3) is 7.22. The van der Waals surface area contributed by atoms with Crippen LogP contribution in [0.25, 0.3) is 11.4 Å². The van der Waals surface area contributed by atoms with Crippen LogP contribution in [0.15, 0.2) is 47.0 Å². The molecule has 0 aliphatic carbocycles. The number of likely N-dealkylation sites (tertiary alicyclic amines) is 1. The average Bonchev–Trinajstić information content (AvgIpc) is 3.40. The summed E-state index contributed by atoms with van der Waals surface area (Å²) in [6.07, 6.45) is 3.49. The number of nitrogens with zero attached hydrogens (tertiary/aromatic N) is 3. The molecule has 0 unspecified atom stereocenters. The van der Waals surface area contributed by atoms with E-state index in [0.717, 1.165) is 50.1 Å². The molecule has 1 aliphatic rings. The Labute approximate surface area is 218 Å². The number of ether oxygens (including phenoxy) is 3. The van der Waals surface area contributed by atoms with E-state index in [9.17, 15) is 4.79 Å². The number of benzene rings is 2. The number of rotatable bonds is 12. The lowest BCUT2D eigenvalue weighted by Crippen LogP contribution is -2.40. The Morgan fingerprint density at radius 1 is 1.08 bits per heavy atom. The Balaban J connectivity index is 1.17. The molecule has 4 rings (SSSR count). The fraction of sp³-hybridized carbons (Fsp3) is 0.464. The summed E-state index contributed by atoms with van der Waals surface area (Å²) < 4.78 is 21.6. The highest BCUT2D eigenvalue weighted by atomic mass is 16.5. The Bertz CT molecular complexity index is 1140. The molecular formula is C28H36N4O5. The Hall–Kier alpha value is -3.59. The SMILES string of the molecule is CCOc1ccc(CCCNC(=O)C2CCN(Cc3nc(-c4ccc(OC)c(OC)c4)no3)CC2)cc1. The monoisotopic (exact) mass is 508 g/mol. The van der Waals surface area contributed by atoms with Gasteiger partial charge in [0.2, 0.25) is 17.6 Å². The maximum Gasteiger partial charge on any atom is 0.241 e. The predicted octanol–water partition coefficient (Wildman–Crippen LogP) is 4.11. The fourth-order valence-corrected chi connectivity index (χ4v) is 4.52. The van der Waals surface area contributed by atoms with Crippen LogP contribution in [0.4, 0.5) is 0 Å². The van der Waals surface area contributed by atoms with Gasteiger partial charge in [0.25, 0.3) is 0 Å². The van der Waals surface area contributed by atoms with Gasteiger partial charge in [0.05, 0.1) is 27.4 Å². The topological polar surface area (TPSA) is 99.0 Å². The van der Waals surface area contributed by atoms with Crippen molar-refractivity contribution in [2.45, 2.75) is 39.2 Å². The maximum absolute atomic E-state index is 12.6. The zero-order chi connectivity index (χ0) is 26.0. The molecule has 198 valence electrons. The van der Waals surface area contributed by atoms with Gasteiger partial charge in [-0.25, -0.2) is 0 Å². The second-order valence-electron chi connectivity index (χ2n) is 9.10. The van der Waals surface area contributed by atoms with Crippen molar-refractivity contribution in [1.29, 1.82) is 0 Å². The van der Waals surface area contributed by atoms with Crippen molar-refractivity contribution in [1.82, 2.24) is 20.4 Å². The molecule has 1 N–H and O–H groups in total. The number of hydrogen-bond donors (Lipinski definition) is 1. The van der Waals surface area contributed by atoms with E-state index in [-0.39, 0.29) is 11.8 Å². The highest BCUT2D eigenvalue weighted by Crippen LogP contribution is 2.31. The first-order valence-corrected chi connectivity index (χ1v) is 12.9. The minimum atomic E-state index is 0.0479. The number of carbonyl (C=O) groups is 1. The van der Waals surface area contributed by atoms with Gasteiger partial charge in [-0.15, -0.1) is 0 Å². The lowest BCUT2D eigenvalue weighted by atomic mass is 9.96. The minimum absolute atomic E-state index is 0.0479. The number of aromatic nitrogens is 2. The predicted molar refractivity (Wildman–Crippen MR) is 140 cm³/mol. The molecule has 1 fully saturated rings. The largest absolute Gasteiger partial charge is 0.494 e. The molecule has 1 saturated heterocycles. The van der Waals surface area contributed by atoms with Crippen LogP contribution >= 0.6 is 0 Å². The fourth-order valence-electron chi connectivity index (χ4n) is 4.52. The van der Waals surface area contributed by atoms with Crippen LogP contribution in [0, 0.1) is 5.92 Å². The molecule has 0 radical (unpaired) electrons. The quantitative estimate of drug-likeness (QED) is 0.365. The van der Waals surface area contributed by atoms with E-state index in [1.165, 1.54) is 5.56 Å². The highest BCUT2D eigenvalue weighted by molar-refractivity contribution is 5.78. The van der Waals surface area contributed by atoms with Gasteiger partial charge in [-0.3, -0.25) is 9.69 Å². The lowest BCUT2D eigenvalue weighted by Gasteiger charge is -2.30. The average molecular weight is 509 g/mol. The first-order valence-electron chi connectivity index (χ1n) is 12.9. The molecule has 0 saturated carbocycles. The molecule has 2 aromatic carbocycles. The minimum Gasteiger partial charge on any atom is -0.494 e. The van der Waals surface area contributed by atoms with E-state index < -0.39 is 0 Å². The number of carbonyl (C=O) groups excluding carboxylic acids is 1. The zero-order valence-electron chi connectivity index (χ0n) is 21.9. The third-order valence-electron chi connectivity index (χ3n) is 6.60. The van der Waals surface area contributed by atoms with Crippen molar-refractivity contribution in [2.24, 2.45) is 5.92 Å². The van der Waals surface area contributed by atoms with Crippen molar-refractivity contribution in [2.75, 3.05) is 40.5 Å². The van der Waals surface area contributed by atoms with E-state index in [4.69, 9.17) is 18.7 Å². The normalized spacial score (nSPS) is 14.4. The summed E-state index contributed by atoms with van der Waals surface area (Å²) in [5, 5.41) is 7.24. The number of methoxy groups -OCH3 is 2. The van der Waals surface area contributed by atoms with Crippen LogP contribution in [0.2, 0.25) is 0 Å². The maximum atomic E-state index is 12.6. The van der Waals surface area contributed by atoms with Crippen LogP contribution in [0.5, 0.6) is 17.2 Å². The molecule has 1 aliphatic heterocycles. The zero-order valence-corrected chi connectivity index (χ0v) is 21.9. The Morgan fingerprint density at radius 3 is 2.54 bits per heavy atom. The molecule has 2 heterocycles. The number of aryl methyl sites for hydroxylation is 1. The van der Waals surface area contributed by atoms with Crippen molar-refractivity contribution in [3.05, 3.63) is 53.9 Å². The lowest BCUT2D eigenvalue weighted by molar-refractivity contribution is -0.126. The van der Waals surface area contributed by atoms with E-state index in [0.29, 0.717) is 42.9 Å². The van der Waals surface area contributed by atoms with Gasteiger partial charge >= 0.3 is 0 Å². The van der Waals surface area contributed by atoms with Crippen molar-refractivity contribution in [3.63, 3.8) is 0 Å². The Kier molecular flexibility index (Phi) is 9.37. The molecule has 9 nitrogen and oxygen atoms in total. The standard InChI is InChI=1S/C28H36N4O5/c1-4-36-23-10-7-20(8-11-23)6-5-15-29-28(33)21-13-16-32(17-14-21)19-26-30-27(31-37-26)22-9-12-24(34-2)25(18-22)35-3/h7-12,18,21H,4-6,13-17,19H2,1-3H3,(H,29,33). The second kappa shape index (κ2) is 13.1. The Morgan fingerprint density at radius 2 is 1.84 bits per heavy atom. The molecule has 0 atom stereocenters. The summed E-state index contributed by atoms with van der Waals surface area (Å²) in [5.41, 5.74) is 2.05. The van der Waals surface area contributed by atoms with Crippen LogP contribution in [-0.4, -0.2) is 61.4 Å². The molecule has 3 aromatic rings. The molecule has 1 amide bonds. The smallest absolute Gasteiger partial charge is 0.241 e. The second-order valence-corrected chi connectivity index (χ2v) is 9.10. The molecule has 1 aromatic heterocycles. The highest BCUT2D eigenvalue weighted by Gasteiger charge is 2.26. The summed E-state index contributed by atoms with van der Waals surface area (Å²) >= 11 is 0. The van der Waals surface area contributed by atoms with Gasteiger partial charge in [0, 0.05) is 18.0 Å². The van der Waals surface area contributed by atoms with Gasteiger partial charge in [-0.2, -0.15) is 4.98 Å². The van der Waals surface area contributed by atoms with Crippen molar-refractivity contribution < 1.29 is 23.5 Å². The summed E-state index contributed by atoms with van der Waals surface area (Å²) in [6, 6.07) is 13.7. The number of amides is 1. The first kappa shape index (κ1) is 26.5. The van der Waals surface area contributed by atoms with E-state index in [1.807, 2.05) is 37.3 Å². The first-order chi connectivity index (χ1) is 18.1. The van der Waals surface area contributed by atoms with Crippen LogP contribution in [0.3, 0.4) is 0 Å². The van der Waals surface area contributed by atoms with E-state index >= 15 is 0 Å². The molecule has 37 heavy (non-hydrogen) atoms. The van der Waals surface area contributed by atoms with Crippen molar-refractivity contribution in [3.8, 4) is 28.6 Å². The van der Waals surface area contributed by atoms with Crippen LogP contribution in [-0.2, 0) is 17.8 Å². The van der Waals surface area contributed by atoms with Gasteiger partial charge in [-0.05, 0) is 81.6 Å². The number of piperidine rings is 1. The summed E-state index contributed by atoms with van der Waals surface area (Å²) in [5.74, 6) is 3.42. The van der Waals surface area contributed by atoms with E-state index in [2.05, 4.69) is 32.5 Å². The van der Waals surface area contributed by atoms with Crippen LogP contribution < -0.4 is 19.5 Å². The number of hydrogen-bond acceptors (Lipinski definition) is 8. The molecular weight excluding hydrogens is 472 g/mol. The number of nitrogens with one attached hydrogen (secondary N) is 1. The third-order valence-corrected chi connectivity index (χ3v) is 6.60. The van der Waals surface area contributed by atoms with Gasteiger partial charge in [0.1, 0.15) is 5.75 Å². The molecule has 0 spiro atoms. The van der Waals surface area contributed by atoms with Crippen LogP contribution in [0.1, 0.15) is 37.6 Å². The van der Waals surface area contributed by atoms with Gasteiger partial charge in [0.15, 0.2) is 11.5 Å². The van der Waals surface area contributed by atoms with E-state index in [1.54, 1.807) is 14.2 Å². The molecule has 0 bridgehead atoms. The van der Waals surface area contributed by atoms with Gasteiger partial charge < -0.3 is 24.1 Å². The molecule has 9 heteroatoms.